The molecule has 0 aromatic heterocycles. The highest BCUT2D eigenvalue weighted by Crippen LogP contribution is 2.24. The van der Waals surface area contributed by atoms with Gasteiger partial charge < -0.3 is 15.4 Å². The van der Waals surface area contributed by atoms with Crippen LogP contribution in [0.1, 0.15) is 51.7 Å². The van der Waals surface area contributed by atoms with Gasteiger partial charge in [0.05, 0.1) is 6.54 Å². The van der Waals surface area contributed by atoms with Crippen LogP contribution < -0.4 is 10.6 Å². The van der Waals surface area contributed by atoms with Crippen LogP contribution in [-0.2, 0) is 10.2 Å². The normalized spacial score (nSPS) is 12.3. The topological polar surface area (TPSA) is 45.7 Å². The molecule has 0 saturated carbocycles. The number of ether oxygens (including phenoxy) is 1. The molecule has 0 bridgehead atoms. The molecule has 136 valence electrons. The molecule has 0 aliphatic heterocycles. The maximum atomic E-state index is 5.37. The lowest BCUT2D eigenvalue weighted by Crippen LogP contribution is -2.39. The molecular weight excluding hydrogens is 298 g/mol. The molecule has 0 spiro atoms. The third kappa shape index (κ3) is 7.82. The molecule has 1 rings (SSSR count). The summed E-state index contributed by atoms with van der Waals surface area (Å²) in [5, 5.41) is 6.74. The van der Waals surface area contributed by atoms with Gasteiger partial charge in [-0.25, -0.2) is 0 Å². The molecule has 4 nitrogen and oxygen atoms in total. The SMILES string of the molecule is CCNC(=NCC(C)(C)c1cccc(C)c1)NCCCCOCC. The van der Waals surface area contributed by atoms with Gasteiger partial charge in [0.2, 0.25) is 0 Å². The summed E-state index contributed by atoms with van der Waals surface area (Å²) in [5.41, 5.74) is 2.64. The molecule has 0 atom stereocenters. The standard InChI is InChI=1S/C20H35N3O/c1-6-21-19(22-13-8-9-14-24-7-2)23-16-20(4,5)18-12-10-11-17(3)15-18/h10-12,15H,6-9,13-14,16H2,1-5H3,(H2,21,22,23). The first-order valence-electron chi connectivity index (χ1n) is 9.16. The first kappa shape index (κ1) is 20.5. The zero-order chi connectivity index (χ0) is 17.8. The van der Waals surface area contributed by atoms with Crippen LogP contribution in [0.25, 0.3) is 0 Å². The van der Waals surface area contributed by atoms with Gasteiger partial charge >= 0.3 is 0 Å². The highest BCUT2D eigenvalue weighted by Gasteiger charge is 2.20. The van der Waals surface area contributed by atoms with E-state index in [9.17, 15) is 0 Å². The van der Waals surface area contributed by atoms with Crippen LogP contribution >= 0.6 is 0 Å². The second kappa shape index (κ2) is 11.1. The van der Waals surface area contributed by atoms with Crippen molar-refractivity contribution in [2.24, 2.45) is 4.99 Å². The van der Waals surface area contributed by atoms with Crippen LogP contribution in [-0.4, -0.2) is 38.8 Å². The van der Waals surface area contributed by atoms with Crippen LogP contribution in [0.15, 0.2) is 29.3 Å². The number of rotatable bonds is 10. The first-order chi connectivity index (χ1) is 11.5. The second-order valence-corrected chi connectivity index (χ2v) is 6.78. The van der Waals surface area contributed by atoms with Crippen LogP contribution in [0.5, 0.6) is 0 Å². The summed E-state index contributed by atoms with van der Waals surface area (Å²) in [5.74, 6) is 0.898. The lowest BCUT2D eigenvalue weighted by Gasteiger charge is -2.24. The zero-order valence-corrected chi connectivity index (χ0v) is 16.1. The third-order valence-electron chi connectivity index (χ3n) is 3.99. The van der Waals surface area contributed by atoms with Crippen molar-refractivity contribution in [1.82, 2.24) is 10.6 Å². The maximum absolute atomic E-state index is 5.37. The average Bonchev–Trinajstić information content (AvgIpc) is 2.55. The molecule has 0 heterocycles. The summed E-state index contributed by atoms with van der Waals surface area (Å²) >= 11 is 0. The lowest BCUT2D eigenvalue weighted by molar-refractivity contribution is 0.143. The lowest BCUT2D eigenvalue weighted by atomic mass is 9.84. The van der Waals surface area contributed by atoms with Gasteiger partial charge in [0, 0.05) is 31.7 Å². The van der Waals surface area contributed by atoms with E-state index in [1.54, 1.807) is 0 Å². The van der Waals surface area contributed by atoms with Crippen molar-refractivity contribution >= 4 is 5.96 Å². The number of aryl methyl sites for hydroxylation is 1. The summed E-state index contributed by atoms with van der Waals surface area (Å²) in [4.78, 5) is 4.79. The summed E-state index contributed by atoms with van der Waals surface area (Å²) in [6, 6.07) is 8.70. The Morgan fingerprint density at radius 2 is 1.96 bits per heavy atom. The Labute approximate surface area is 148 Å². The van der Waals surface area contributed by atoms with Crippen molar-refractivity contribution < 1.29 is 4.74 Å². The van der Waals surface area contributed by atoms with E-state index in [0.717, 1.165) is 51.6 Å². The van der Waals surface area contributed by atoms with Gasteiger partial charge in [0.15, 0.2) is 5.96 Å². The van der Waals surface area contributed by atoms with E-state index < -0.39 is 0 Å². The van der Waals surface area contributed by atoms with E-state index in [1.807, 2.05) is 6.92 Å². The predicted octanol–water partition coefficient (Wildman–Crippen LogP) is 3.64. The Hall–Kier alpha value is -1.55. The van der Waals surface area contributed by atoms with Crippen LogP contribution in [0.2, 0.25) is 0 Å². The third-order valence-corrected chi connectivity index (χ3v) is 3.99. The fraction of sp³-hybridized carbons (Fsp3) is 0.650. The summed E-state index contributed by atoms with van der Waals surface area (Å²) in [6.07, 6.45) is 2.17. The Balaban J connectivity index is 2.54. The Morgan fingerprint density at radius 1 is 1.17 bits per heavy atom. The van der Waals surface area contributed by atoms with Gasteiger partial charge in [-0.05, 0) is 39.2 Å². The predicted molar refractivity (Wildman–Crippen MR) is 104 cm³/mol. The minimum Gasteiger partial charge on any atom is -0.382 e. The molecule has 0 amide bonds. The molecule has 24 heavy (non-hydrogen) atoms. The van der Waals surface area contributed by atoms with E-state index in [1.165, 1.54) is 11.1 Å². The minimum absolute atomic E-state index is 0.0172. The van der Waals surface area contributed by atoms with Crippen LogP contribution in [0.4, 0.5) is 0 Å². The van der Waals surface area contributed by atoms with Crippen molar-refractivity contribution in [3.8, 4) is 0 Å². The largest absolute Gasteiger partial charge is 0.382 e. The monoisotopic (exact) mass is 333 g/mol. The van der Waals surface area contributed by atoms with Crippen molar-refractivity contribution in [2.45, 2.75) is 52.9 Å². The van der Waals surface area contributed by atoms with E-state index in [0.29, 0.717) is 0 Å². The van der Waals surface area contributed by atoms with E-state index >= 15 is 0 Å². The highest BCUT2D eigenvalue weighted by atomic mass is 16.5. The van der Waals surface area contributed by atoms with Gasteiger partial charge in [-0.2, -0.15) is 0 Å². The van der Waals surface area contributed by atoms with Crippen molar-refractivity contribution in [2.75, 3.05) is 32.8 Å². The summed E-state index contributed by atoms with van der Waals surface area (Å²) in [6.45, 7) is 14.9. The Bertz CT molecular complexity index is 497. The second-order valence-electron chi connectivity index (χ2n) is 6.78. The molecule has 0 aliphatic rings. The molecule has 2 N–H and O–H groups in total. The molecule has 4 heteroatoms. The van der Waals surface area contributed by atoms with Crippen molar-refractivity contribution in [1.29, 1.82) is 0 Å². The zero-order valence-electron chi connectivity index (χ0n) is 16.1. The van der Waals surface area contributed by atoms with Gasteiger partial charge in [-0.15, -0.1) is 0 Å². The average molecular weight is 334 g/mol. The molecule has 1 aromatic carbocycles. The number of nitrogens with one attached hydrogen (secondary N) is 2. The van der Waals surface area contributed by atoms with Gasteiger partial charge in [-0.3, -0.25) is 4.99 Å². The summed E-state index contributed by atoms with van der Waals surface area (Å²) in [7, 11) is 0. The Kier molecular flexibility index (Phi) is 9.46. The van der Waals surface area contributed by atoms with Crippen molar-refractivity contribution in [3.63, 3.8) is 0 Å². The van der Waals surface area contributed by atoms with Crippen molar-refractivity contribution in [3.05, 3.63) is 35.4 Å². The number of nitrogens with zero attached hydrogens (tertiary/aromatic N) is 1. The smallest absolute Gasteiger partial charge is 0.191 e. The van der Waals surface area contributed by atoms with E-state index in [4.69, 9.17) is 9.73 Å². The number of benzene rings is 1. The molecule has 1 aromatic rings. The Morgan fingerprint density at radius 3 is 2.62 bits per heavy atom. The van der Waals surface area contributed by atoms with Gasteiger partial charge in [0.1, 0.15) is 0 Å². The number of guanidine groups is 1. The van der Waals surface area contributed by atoms with Crippen LogP contribution in [0, 0.1) is 6.92 Å². The van der Waals surface area contributed by atoms with E-state index in [-0.39, 0.29) is 5.41 Å². The molecule has 0 unspecified atom stereocenters. The van der Waals surface area contributed by atoms with E-state index in [2.05, 4.69) is 62.6 Å². The number of unbranched alkanes of at least 4 members (excludes halogenated alkanes) is 1. The summed E-state index contributed by atoms with van der Waals surface area (Å²) < 4.78 is 5.37. The highest BCUT2D eigenvalue weighted by molar-refractivity contribution is 5.79. The fourth-order valence-corrected chi connectivity index (χ4v) is 2.46. The van der Waals surface area contributed by atoms with Gasteiger partial charge in [-0.1, -0.05) is 43.7 Å². The molecular formula is C20H35N3O. The molecule has 0 aliphatic carbocycles. The molecule has 0 fully saturated rings. The maximum Gasteiger partial charge on any atom is 0.191 e. The number of aliphatic imine (C=N–C) groups is 1. The first-order valence-corrected chi connectivity index (χ1v) is 9.16. The van der Waals surface area contributed by atoms with Gasteiger partial charge in [0.25, 0.3) is 0 Å². The van der Waals surface area contributed by atoms with Crippen LogP contribution in [0.3, 0.4) is 0 Å². The number of hydrogen-bond acceptors (Lipinski definition) is 2. The molecule has 0 radical (unpaired) electrons. The number of hydrogen-bond donors (Lipinski definition) is 2. The fourth-order valence-electron chi connectivity index (χ4n) is 2.46. The minimum atomic E-state index is 0.0172. The molecule has 0 saturated heterocycles. The quantitative estimate of drug-likeness (QED) is 0.390.